The van der Waals surface area contributed by atoms with Crippen LogP contribution in [-0.4, -0.2) is 38.3 Å². The maximum atomic E-state index is 12.1. The van der Waals surface area contributed by atoms with Crippen LogP contribution in [0.2, 0.25) is 0 Å². The van der Waals surface area contributed by atoms with Crippen molar-refractivity contribution in [3.63, 3.8) is 0 Å². The lowest BCUT2D eigenvalue weighted by atomic mass is 10.3. The van der Waals surface area contributed by atoms with Gasteiger partial charge in [0.1, 0.15) is 0 Å². The highest BCUT2D eigenvalue weighted by Gasteiger charge is 2.28. The fourth-order valence-electron chi connectivity index (χ4n) is 1.61. The number of anilines is 1. The fraction of sp³-hybridized carbons (Fsp3) is 0.300. The molecule has 0 radical (unpaired) electrons. The minimum atomic E-state index is -3.59. The molecule has 0 bridgehead atoms. The van der Waals surface area contributed by atoms with Gasteiger partial charge in [-0.15, -0.1) is 0 Å². The lowest BCUT2D eigenvalue weighted by Gasteiger charge is -2.25. The van der Waals surface area contributed by atoms with E-state index >= 15 is 0 Å². The molecule has 0 unspecified atom stereocenters. The average Bonchev–Trinajstić information content (AvgIpc) is 2.29. The zero-order chi connectivity index (χ0) is 12.5. The first-order valence-corrected chi connectivity index (χ1v) is 6.56. The van der Waals surface area contributed by atoms with Gasteiger partial charge in [-0.3, -0.25) is 4.79 Å². The molecule has 0 aromatic heterocycles. The SMILES string of the molecule is Nc1ccc(S(=O)(=O)N2CCNC(=O)C2)cc1. The van der Waals surface area contributed by atoms with E-state index in [0.717, 1.165) is 4.31 Å². The highest BCUT2D eigenvalue weighted by atomic mass is 32.2. The first-order valence-electron chi connectivity index (χ1n) is 5.12. The van der Waals surface area contributed by atoms with E-state index in [2.05, 4.69) is 5.32 Å². The Bertz CT molecular complexity index is 524. The summed E-state index contributed by atoms with van der Waals surface area (Å²) in [5.74, 6) is -0.282. The van der Waals surface area contributed by atoms with Gasteiger partial charge in [0.2, 0.25) is 15.9 Å². The first kappa shape index (κ1) is 11.9. The molecule has 1 saturated heterocycles. The van der Waals surface area contributed by atoms with Crippen molar-refractivity contribution in [2.45, 2.75) is 4.90 Å². The van der Waals surface area contributed by atoms with Crippen molar-refractivity contribution in [1.29, 1.82) is 0 Å². The van der Waals surface area contributed by atoms with Gasteiger partial charge in [-0.05, 0) is 24.3 Å². The van der Waals surface area contributed by atoms with E-state index in [1.807, 2.05) is 0 Å². The summed E-state index contributed by atoms with van der Waals surface area (Å²) in [5, 5.41) is 2.58. The number of nitrogens with zero attached hydrogens (tertiary/aromatic N) is 1. The quantitative estimate of drug-likeness (QED) is 0.689. The minimum Gasteiger partial charge on any atom is -0.399 e. The van der Waals surface area contributed by atoms with Crippen molar-refractivity contribution in [3.8, 4) is 0 Å². The molecular weight excluding hydrogens is 242 g/mol. The molecule has 0 atom stereocenters. The number of nitrogens with two attached hydrogens (primary N) is 1. The van der Waals surface area contributed by atoms with E-state index in [-0.39, 0.29) is 17.3 Å². The summed E-state index contributed by atoms with van der Waals surface area (Å²) in [5.41, 5.74) is 6.00. The van der Waals surface area contributed by atoms with Crippen molar-refractivity contribution in [1.82, 2.24) is 9.62 Å². The van der Waals surface area contributed by atoms with Crippen LogP contribution in [-0.2, 0) is 14.8 Å². The van der Waals surface area contributed by atoms with Crippen LogP contribution in [0.5, 0.6) is 0 Å². The van der Waals surface area contributed by atoms with Crippen LogP contribution in [0.4, 0.5) is 5.69 Å². The predicted molar refractivity (Wildman–Crippen MR) is 62.6 cm³/mol. The molecular formula is C10H13N3O3S. The number of nitrogens with one attached hydrogen (secondary N) is 1. The van der Waals surface area contributed by atoms with Crippen LogP contribution in [0.1, 0.15) is 0 Å². The van der Waals surface area contributed by atoms with E-state index in [1.54, 1.807) is 0 Å². The highest BCUT2D eigenvalue weighted by Crippen LogP contribution is 2.17. The van der Waals surface area contributed by atoms with E-state index in [0.29, 0.717) is 18.8 Å². The number of rotatable bonds is 2. The van der Waals surface area contributed by atoms with Crippen molar-refractivity contribution in [2.75, 3.05) is 25.4 Å². The molecule has 0 spiro atoms. The lowest BCUT2D eigenvalue weighted by Crippen LogP contribution is -2.49. The Kier molecular flexibility index (Phi) is 3.03. The van der Waals surface area contributed by atoms with Gasteiger partial charge in [0.25, 0.3) is 0 Å². The minimum absolute atomic E-state index is 0.132. The second-order valence-corrected chi connectivity index (χ2v) is 5.70. The number of carbonyl (C=O) groups is 1. The summed E-state index contributed by atoms with van der Waals surface area (Å²) >= 11 is 0. The van der Waals surface area contributed by atoms with Gasteiger partial charge in [0.15, 0.2) is 0 Å². The standard InChI is InChI=1S/C10H13N3O3S/c11-8-1-3-9(4-2-8)17(15,16)13-6-5-12-10(14)7-13/h1-4H,5-7,11H2,(H,12,14). The van der Waals surface area contributed by atoms with Gasteiger partial charge in [-0.25, -0.2) is 8.42 Å². The van der Waals surface area contributed by atoms with Crippen LogP contribution < -0.4 is 11.1 Å². The summed E-state index contributed by atoms with van der Waals surface area (Å²) in [7, 11) is -3.59. The molecule has 92 valence electrons. The summed E-state index contributed by atoms with van der Waals surface area (Å²) in [6, 6.07) is 5.93. The Balaban J connectivity index is 2.29. The van der Waals surface area contributed by atoms with E-state index in [1.165, 1.54) is 24.3 Å². The third kappa shape index (κ3) is 2.40. The molecule has 3 N–H and O–H groups in total. The van der Waals surface area contributed by atoms with Gasteiger partial charge < -0.3 is 11.1 Å². The van der Waals surface area contributed by atoms with Crippen LogP contribution in [0, 0.1) is 0 Å². The van der Waals surface area contributed by atoms with E-state index < -0.39 is 10.0 Å². The number of amides is 1. The smallest absolute Gasteiger partial charge is 0.243 e. The number of nitrogen functional groups attached to an aromatic ring is 1. The molecule has 1 aromatic rings. The van der Waals surface area contributed by atoms with Crippen LogP contribution in [0.15, 0.2) is 29.2 Å². The molecule has 1 fully saturated rings. The van der Waals surface area contributed by atoms with Crippen LogP contribution >= 0.6 is 0 Å². The van der Waals surface area contributed by atoms with Gasteiger partial charge in [0, 0.05) is 18.8 Å². The molecule has 0 saturated carbocycles. The fourth-order valence-corrected chi connectivity index (χ4v) is 3.01. The van der Waals surface area contributed by atoms with Crippen molar-refractivity contribution in [3.05, 3.63) is 24.3 Å². The second-order valence-electron chi connectivity index (χ2n) is 3.76. The molecule has 17 heavy (non-hydrogen) atoms. The highest BCUT2D eigenvalue weighted by molar-refractivity contribution is 7.89. The third-order valence-corrected chi connectivity index (χ3v) is 4.38. The Morgan fingerprint density at radius 3 is 2.47 bits per heavy atom. The molecule has 1 heterocycles. The summed E-state index contributed by atoms with van der Waals surface area (Å²) in [6.45, 7) is 0.498. The van der Waals surface area contributed by atoms with E-state index in [9.17, 15) is 13.2 Å². The number of hydrogen-bond donors (Lipinski definition) is 2. The van der Waals surface area contributed by atoms with Crippen molar-refractivity contribution in [2.24, 2.45) is 0 Å². The Morgan fingerprint density at radius 2 is 1.88 bits per heavy atom. The molecule has 1 aromatic carbocycles. The molecule has 1 aliphatic heterocycles. The largest absolute Gasteiger partial charge is 0.399 e. The molecule has 2 rings (SSSR count). The Hall–Kier alpha value is -1.60. The number of piperazine rings is 1. The van der Waals surface area contributed by atoms with Crippen LogP contribution in [0.3, 0.4) is 0 Å². The van der Waals surface area contributed by atoms with Crippen molar-refractivity contribution >= 4 is 21.6 Å². The Labute approximate surface area is 99.5 Å². The zero-order valence-corrected chi connectivity index (χ0v) is 9.90. The summed E-state index contributed by atoms with van der Waals surface area (Å²) < 4.78 is 25.5. The number of benzene rings is 1. The monoisotopic (exact) mass is 255 g/mol. The van der Waals surface area contributed by atoms with Gasteiger partial charge in [-0.1, -0.05) is 0 Å². The maximum absolute atomic E-state index is 12.1. The van der Waals surface area contributed by atoms with Gasteiger partial charge in [-0.2, -0.15) is 4.31 Å². The third-order valence-electron chi connectivity index (χ3n) is 2.52. The van der Waals surface area contributed by atoms with Gasteiger partial charge in [0.05, 0.1) is 11.4 Å². The second kappa shape index (κ2) is 4.34. The normalized spacial score (nSPS) is 17.8. The molecule has 7 heteroatoms. The van der Waals surface area contributed by atoms with Gasteiger partial charge >= 0.3 is 0 Å². The summed E-state index contributed by atoms with van der Waals surface area (Å²) in [4.78, 5) is 11.3. The van der Waals surface area contributed by atoms with Crippen LogP contribution in [0.25, 0.3) is 0 Å². The zero-order valence-electron chi connectivity index (χ0n) is 9.09. The molecule has 0 aliphatic carbocycles. The number of hydrogen-bond acceptors (Lipinski definition) is 4. The number of carbonyl (C=O) groups excluding carboxylic acids is 1. The molecule has 6 nitrogen and oxygen atoms in total. The number of sulfonamides is 1. The molecule has 1 amide bonds. The average molecular weight is 255 g/mol. The predicted octanol–water partition coefficient (Wildman–Crippen LogP) is -0.611. The van der Waals surface area contributed by atoms with Crippen molar-refractivity contribution < 1.29 is 13.2 Å². The first-order chi connectivity index (χ1) is 8.00. The topological polar surface area (TPSA) is 92.5 Å². The Morgan fingerprint density at radius 1 is 1.24 bits per heavy atom. The molecule has 1 aliphatic rings. The maximum Gasteiger partial charge on any atom is 0.243 e. The van der Waals surface area contributed by atoms with E-state index in [4.69, 9.17) is 5.73 Å². The summed E-state index contributed by atoms with van der Waals surface area (Å²) in [6.07, 6.45) is 0. The lowest BCUT2D eigenvalue weighted by molar-refractivity contribution is -0.122.